The van der Waals surface area contributed by atoms with Gasteiger partial charge in [-0.1, -0.05) is 38.8 Å². The molecular formula is C15H21NO2. The van der Waals surface area contributed by atoms with Crippen molar-refractivity contribution in [2.75, 3.05) is 5.32 Å². The maximum Gasteiger partial charge on any atom is 0.228 e. The van der Waals surface area contributed by atoms with E-state index in [2.05, 4.69) is 19.2 Å². The number of hydrogen-bond donors (Lipinski definition) is 2. The molecule has 3 heteroatoms. The van der Waals surface area contributed by atoms with E-state index in [0.29, 0.717) is 6.42 Å². The molecule has 2 unspecified atom stereocenters. The van der Waals surface area contributed by atoms with Crippen LogP contribution in [0.5, 0.6) is 0 Å². The summed E-state index contributed by atoms with van der Waals surface area (Å²) in [5.41, 5.74) is 2.81. The molecule has 2 atom stereocenters. The Hall–Kier alpha value is -1.35. The van der Waals surface area contributed by atoms with Gasteiger partial charge in [0.1, 0.15) is 0 Å². The van der Waals surface area contributed by atoms with Crippen molar-refractivity contribution in [3.8, 4) is 0 Å². The molecule has 3 nitrogen and oxygen atoms in total. The minimum Gasteiger partial charge on any atom is -0.388 e. The zero-order chi connectivity index (χ0) is 13.1. The van der Waals surface area contributed by atoms with Crippen LogP contribution in [0.3, 0.4) is 0 Å². The first-order valence-electron chi connectivity index (χ1n) is 6.72. The summed E-state index contributed by atoms with van der Waals surface area (Å²) < 4.78 is 0. The van der Waals surface area contributed by atoms with Crippen molar-refractivity contribution in [3.05, 3.63) is 29.3 Å². The van der Waals surface area contributed by atoms with Gasteiger partial charge in [-0.3, -0.25) is 4.79 Å². The van der Waals surface area contributed by atoms with E-state index in [1.165, 1.54) is 0 Å². The highest BCUT2D eigenvalue weighted by Gasteiger charge is 2.21. The van der Waals surface area contributed by atoms with Crippen molar-refractivity contribution in [2.24, 2.45) is 5.92 Å². The molecule has 1 aromatic carbocycles. The number of aliphatic hydroxyl groups is 1. The maximum absolute atomic E-state index is 11.3. The Morgan fingerprint density at radius 3 is 2.94 bits per heavy atom. The second-order valence-electron chi connectivity index (χ2n) is 5.21. The van der Waals surface area contributed by atoms with Gasteiger partial charge in [-0.2, -0.15) is 0 Å². The molecule has 0 fully saturated rings. The van der Waals surface area contributed by atoms with Crippen LogP contribution in [0, 0.1) is 5.92 Å². The van der Waals surface area contributed by atoms with Crippen molar-refractivity contribution in [1.82, 2.24) is 0 Å². The Labute approximate surface area is 108 Å². The molecule has 0 aromatic heterocycles. The van der Waals surface area contributed by atoms with E-state index in [9.17, 15) is 9.90 Å². The topological polar surface area (TPSA) is 49.3 Å². The molecule has 2 rings (SSSR count). The first kappa shape index (κ1) is 13.1. The van der Waals surface area contributed by atoms with E-state index in [1.54, 1.807) is 0 Å². The van der Waals surface area contributed by atoms with E-state index in [0.717, 1.165) is 36.1 Å². The number of amides is 1. The number of hydrogen-bond acceptors (Lipinski definition) is 2. The third kappa shape index (κ3) is 2.72. The largest absolute Gasteiger partial charge is 0.388 e. The van der Waals surface area contributed by atoms with E-state index in [1.807, 2.05) is 18.2 Å². The molecule has 1 aromatic rings. The molecule has 1 amide bonds. The van der Waals surface area contributed by atoms with Gasteiger partial charge in [-0.25, -0.2) is 0 Å². The molecule has 98 valence electrons. The smallest absolute Gasteiger partial charge is 0.228 e. The lowest BCUT2D eigenvalue weighted by atomic mass is 9.92. The molecular weight excluding hydrogens is 226 g/mol. The van der Waals surface area contributed by atoms with Crippen molar-refractivity contribution < 1.29 is 9.90 Å². The van der Waals surface area contributed by atoms with Crippen LogP contribution >= 0.6 is 0 Å². The highest BCUT2D eigenvalue weighted by molar-refractivity contribution is 5.99. The summed E-state index contributed by atoms with van der Waals surface area (Å²) >= 11 is 0. The fourth-order valence-electron chi connectivity index (χ4n) is 2.45. The molecule has 18 heavy (non-hydrogen) atoms. The van der Waals surface area contributed by atoms with Gasteiger partial charge in [0, 0.05) is 5.69 Å². The Kier molecular flexibility index (Phi) is 4.02. The summed E-state index contributed by atoms with van der Waals surface area (Å²) in [6.45, 7) is 4.24. The normalized spacial score (nSPS) is 17.2. The van der Waals surface area contributed by atoms with Gasteiger partial charge in [0.25, 0.3) is 0 Å². The van der Waals surface area contributed by atoms with E-state index in [-0.39, 0.29) is 11.8 Å². The summed E-state index contributed by atoms with van der Waals surface area (Å²) in [5, 5.41) is 13.1. The SMILES string of the molecule is CCCCC(C)C(O)c1ccc2c(c1)CC(=O)N2. The first-order valence-corrected chi connectivity index (χ1v) is 6.72. The number of rotatable bonds is 5. The van der Waals surface area contributed by atoms with Crippen LogP contribution in [0.1, 0.15) is 50.3 Å². The molecule has 0 aliphatic carbocycles. The van der Waals surface area contributed by atoms with Crippen LogP contribution < -0.4 is 5.32 Å². The molecule has 0 saturated heterocycles. The fraction of sp³-hybridized carbons (Fsp3) is 0.533. The summed E-state index contributed by atoms with van der Waals surface area (Å²) in [6.07, 6.45) is 3.33. The number of carbonyl (C=O) groups is 1. The van der Waals surface area contributed by atoms with Crippen molar-refractivity contribution in [1.29, 1.82) is 0 Å². The van der Waals surface area contributed by atoms with Gasteiger partial charge in [0.15, 0.2) is 0 Å². The minimum absolute atomic E-state index is 0.0377. The molecule has 1 aliphatic heterocycles. The summed E-state index contributed by atoms with van der Waals surface area (Å²) in [6, 6.07) is 5.77. The first-order chi connectivity index (χ1) is 8.61. The monoisotopic (exact) mass is 247 g/mol. The number of aliphatic hydroxyl groups excluding tert-OH is 1. The standard InChI is InChI=1S/C15H21NO2/c1-3-4-5-10(2)15(18)11-6-7-13-12(8-11)9-14(17)16-13/h6-8,10,15,18H,3-5,9H2,1-2H3,(H,16,17). The van der Waals surface area contributed by atoms with Crippen molar-refractivity contribution in [2.45, 2.75) is 45.6 Å². The molecule has 2 N–H and O–H groups in total. The molecule has 0 radical (unpaired) electrons. The van der Waals surface area contributed by atoms with Crippen molar-refractivity contribution in [3.63, 3.8) is 0 Å². The number of nitrogens with one attached hydrogen (secondary N) is 1. The highest BCUT2D eigenvalue weighted by atomic mass is 16.3. The maximum atomic E-state index is 11.3. The van der Waals surface area contributed by atoms with Crippen LogP contribution in [0.25, 0.3) is 0 Å². The van der Waals surface area contributed by atoms with E-state index in [4.69, 9.17) is 0 Å². The number of benzene rings is 1. The lowest BCUT2D eigenvalue weighted by Gasteiger charge is -2.19. The number of anilines is 1. The van der Waals surface area contributed by atoms with Gasteiger partial charge in [0.2, 0.25) is 5.91 Å². The number of fused-ring (bicyclic) bond motifs is 1. The lowest BCUT2D eigenvalue weighted by molar-refractivity contribution is -0.115. The van der Waals surface area contributed by atoms with Crippen LogP contribution in [0.2, 0.25) is 0 Å². The van der Waals surface area contributed by atoms with E-state index < -0.39 is 6.10 Å². The Morgan fingerprint density at radius 2 is 2.22 bits per heavy atom. The summed E-state index contributed by atoms with van der Waals surface area (Å²) in [7, 11) is 0. The predicted molar refractivity (Wildman–Crippen MR) is 72.4 cm³/mol. The van der Waals surface area contributed by atoms with Gasteiger partial charge < -0.3 is 10.4 Å². The van der Waals surface area contributed by atoms with Crippen LogP contribution in [0.4, 0.5) is 5.69 Å². The molecule has 1 aliphatic rings. The Bertz CT molecular complexity index is 442. The summed E-state index contributed by atoms with van der Waals surface area (Å²) in [4.78, 5) is 11.3. The van der Waals surface area contributed by atoms with Gasteiger partial charge >= 0.3 is 0 Å². The number of unbranched alkanes of at least 4 members (excludes halogenated alkanes) is 1. The van der Waals surface area contributed by atoms with Gasteiger partial charge in [-0.05, 0) is 29.5 Å². The van der Waals surface area contributed by atoms with E-state index >= 15 is 0 Å². The average molecular weight is 247 g/mol. The lowest BCUT2D eigenvalue weighted by Crippen LogP contribution is -2.09. The van der Waals surface area contributed by atoms with Crippen LogP contribution in [-0.4, -0.2) is 11.0 Å². The molecule has 0 spiro atoms. The Balaban J connectivity index is 2.10. The zero-order valence-corrected chi connectivity index (χ0v) is 11.1. The van der Waals surface area contributed by atoms with Crippen molar-refractivity contribution >= 4 is 11.6 Å². The second-order valence-corrected chi connectivity index (χ2v) is 5.21. The minimum atomic E-state index is -0.433. The Morgan fingerprint density at radius 1 is 1.44 bits per heavy atom. The molecule has 0 saturated carbocycles. The fourth-order valence-corrected chi connectivity index (χ4v) is 2.45. The molecule has 1 heterocycles. The number of carbonyl (C=O) groups excluding carboxylic acids is 1. The van der Waals surface area contributed by atoms with Crippen LogP contribution in [0.15, 0.2) is 18.2 Å². The summed E-state index contributed by atoms with van der Waals surface area (Å²) in [5.74, 6) is 0.295. The average Bonchev–Trinajstić information content (AvgIpc) is 2.73. The second kappa shape index (κ2) is 5.53. The highest BCUT2D eigenvalue weighted by Crippen LogP contribution is 2.30. The molecule has 0 bridgehead atoms. The predicted octanol–water partition coefficient (Wildman–Crippen LogP) is 3.04. The van der Waals surface area contributed by atoms with Crippen LogP contribution in [-0.2, 0) is 11.2 Å². The van der Waals surface area contributed by atoms with Gasteiger partial charge in [0.05, 0.1) is 12.5 Å². The third-order valence-corrected chi connectivity index (χ3v) is 3.65. The quantitative estimate of drug-likeness (QED) is 0.840. The van der Waals surface area contributed by atoms with Gasteiger partial charge in [-0.15, -0.1) is 0 Å². The third-order valence-electron chi connectivity index (χ3n) is 3.65. The zero-order valence-electron chi connectivity index (χ0n) is 11.1.